The van der Waals surface area contributed by atoms with Gasteiger partial charge in [0.15, 0.2) is 6.10 Å². The first kappa shape index (κ1) is 19.1. The molecule has 25 heavy (non-hydrogen) atoms. The van der Waals surface area contributed by atoms with Crippen molar-refractivity contribution in [1.82, 2.24) is 0 Å². The number of benzene rings is 1. The number of furan rings is 1. The van der Waals surface area contributed by atoms with Gasteiger partial charge in [-0.15, -0.1) is 0 Å². The summed E-state index contributed by atoms with van der Waals surface area (Å²) in [5.41, 5.74) is 2.75. The number of rotatable bonds is 5. The summed E-state index contributed by atoms with van der Waals surface area (Å²) in [6, 6.07) is 9.88. The molecule has 0 bridgehead atoms. The van der Waals surface area contributed by atoms with Crippen LogP contribution in [0, 0.1) is 11.8 Å². The third kappa shape index (κ3) is 5.37. The minimum Gasteiger partial charge on any atom is -0.474 e. The van der Waals surface area contributed by atoms with Crippen molar-refractivity contribution in [3.63, 3.8) is 0 Å². The zero-order chi connectivity index (χ0) is 18.4. The fourth-order valence-corrected chi connectivity index (χ4v) is 3.42. The van der Waals surface area contributed by atoms with Gasteiger partial charge >= 0.3 is 5.97 Å². The van der Waals surface area contributed by atoms with Gasteiger partial charge in [-0.3, -0.25) is 4.79 Å². The van der Waals surface area contributed by atoms with Crippen LogP contribution in [0.25, 0.3) is 0 Å². The van der Waals surface area contributed by atoms with E-state index >= 15 is 0 Å². The number of carbonyl (C=O) groups excluding carboxylic acids is 1. The molecule has 3 nitrogen and oxygen atoms in total. The van der Waals surface area contributed by atoms with Crippen LogP contribution in [0.1, 0.15) is 49.5 Å². The molecular formula is C21H26O3Si. The molecule has 0 N–H and O–H groups in total. The second-order valence-electron chi connectivity index (χ2n) is 7.16. The minimum atomic E-state index is -1.55. The highest BCUT2D eigenvalue weighted by molar-refractivity contribution is 6.87. The number of hydrogen-bond donors (Lipinski definition) is 0. The van der Waals surface area contributed by atoms with Crippen molar-refractivity contribution in [2.45, 2.75) is 52.4 Å². The van der Waals surface area contributed by atoms with Crippen molar-refractivity contribution in [1.29, 1.82) is 0 Å². The smallest absolute Gasteiger partial charge is 0.303 e. The molecule has 1 atom stereocenters. The topological polar surface area (TPSA) is 39.4 Å². The van der Waals surface area contributed by atoms with E-state index in [1.807, 2.05) is 30.3 Å². The van der Waals surface area contributed by atoms with Crippen molar-refractivity contribution < 1.29 is 13.9 Å². The number of hydrogen-bond acceptors (Lipinski definition) is 3. The lowest BCUT2D eigenvalue weighted by atomic mass is 10.0. The quantitative estimate of drug-likeness (QED) is 0.446. The Morgan fingerprint density at radius 2 is 1.88 bits per heavy atom. The Morgan fingerprint density at radius 1 is 1.20 bits per heavy atom. The molecule has 0 spiro atoms. The van der Waals surface area contributed by atoms with E-state index in [0.717, 1.165) is 34.9 Å². The number of carbonyl (C=O) groups is 1. The predicted octanol–water partition coefficient (Wildman–Crippen LogP) is 4.63. The first-order chi connectivity index (χ1) is 11.8. The van der Waals surface area contributed by atoms with Crippen LogP contribution in [0.2, 0.25) is 19.6 Å². The molecule has 1 heterocycles. The van der Waals surface area contributed by atoms with Gasteiger partial charge in [0, 0.05) is 24.5 Å². The van der Waals surface area contributed by atoms with Crippen molar-refractivity contribution in [3.05, 3.63) is 53.3 Å². The molecule has 1 unspecified atom stereocenters. The Bertz CT molecular complexity index is 770. The van der Waals surface area contributed by atoms with Crippen LogP contribution in [0.5, 0.6) is 0 Å². The fraction of sp³-hybridized carbons (Fsp3) is 0.381. The van der Waals surface area contributed by atoms with E-state index in [4.69, 9.17) is 9.15 Å². The maximum absolute atomic E-state index is 11.6. The molecule has 0 aliphatic carbocycles. The summed E-state index contributed by atoms with van der Waals surface area (Å²) in [5, 5.41) is 1.00. The van der Waals surface area contributed by atoms with Gasteiger partial charge in [-0.1, -0.05) is 50.5 Å². The molecule has 0 amide bonds. The number of ether oxygens (including phenoxy) is 1. The summed E-state index contributed by atoms with van der Waals surface area (Å²) in [4.78, 5) is 11.6. The maximum atomic E-state index is 11.6. The molecule has 1 aromatic carbocycles. The normalized spacial score (nSPS) is 12.2. The monoisotopic (exact) mass is 354 g/mol. The molecular weight excluding hydrogens is 328 g/mol. The Morgan fingerprint density at radius 3 is 2.40 bits per heavy atom. The third-order valence-corrected chi connectivity index (χ3v) is 5.51. The average molecular weight is 355 g/mol. The zero-order valence-corrected chi connectivity index (χ0v) is 16.7. The van der Waals surface area contributed by atoms with Gasteiger partial charge in [0.05, 0.1) is 11.6 Å². The van der Waals surface area contributed by atoms with Crippen molar-refractivity contribution in [3.8, 4) is 11.8 Å². The first-order valence-electron chi connectivity index (χ1n) is 8.66. The van der Waals surface area contributed by atoms with Gasteiger partial charge < -0.3 is 9.15 Å². The van der Waals surface area contributed by atoms with Gasteiger partial charge in [-0.25, -0.2) is 0 Å². The Balaban J connectivity index is 2.30. The predicted molar refractivity (Wildman–Crippen MR) is 104 cm³/mol. The van der Waals surface area contributed by atoms with Crippen molar-refractivity contribution in [2.75, 3.05) is 0 Å². The van der Waals surface area contributed by atoms with E-state index in [-0.39, 0.29) is 5.97 Å². The molecule has 0 saturated carbocycles. The molecule has 2 aromatic rings. The molecule has 0 aliphatic heterocycles. The summed E-state index contributed by atoms with van der Waals surface area (Å²) in [5.74, 6) is 5.97. The van der Waals surface area contributed by atoms with E-state index in [1.165, 1.54) is 6.92 Å². The molecule has 0 fully saturated rings. The van der Waals surface area contributed by atoms with Crippen LogP contribution in [0.4, 0.5) is 0 Å². The highest BCUT2D eigenvalue weighted by Crippen LogP contribution is 2.27. The number of esters is 1. The molecule has 2 rings (SSSR count). The highest BCUT2D eigenvalue weighted by Gasteiger charge is 2.25. The Kier molecular flexibility index (Phi) is 6.27. The summed E-state index contributed by atoms with van der Waals surface area (Å²) in [7, 11) is -1.55. The lowest BCUT2D eigenvalue weighted by Gasteiger charge is -2.16. The van der Waals surface area contributed by atoms with E-state index in [2.05, 4.69) is 38.4 Å². The van der Waals surface area contributed by atoms with Gasteiger partial charge in [0.25, 0.3) is 0 Å². The summed E-state index contributed by atoms with van der Waals surface area (Å²) in [6.07, 6.45) is 3.20. The first-order valence-corrected chi connectivity index (χ1v) is 12.2. The fourth-order valence-electron chi connectivity index (χ4n) is 2.41. The van der Waals surface area contributed by atoms with Crippen molar-refractivity contribution in [2.24, 2.45) is 0 Å². The van der Waals surface area contributed by atoms with Gasteiger partial charge in [-0.05, 0) is 30.2 Å². The minimum absolute atomic E-state index is 0.312. The SMILES string of the molecule is CCCC#Cc1ccc(C(OC(C)=O)c2coc([Si](C)(C)C)c2)cc1. The maximum Gasteiger partial charge on any atom is 0.303 e. The molecule has 1 aromatic heterocycles. The van der Waals surface area contributed by atoms with E-state index in [9.17, 15) is 4.79 Å². The second-order valence-corrected chi connectivity index (χ2v) is 12.2. The third-order valence-electron chi connectivity index (χ3n) is 3.77. The summed E-state index contributed by atoms with van der Waals surface area (Å²) in [6.45, 7) is 10.2. The summed E-state index contributed by atoms with van der Waals surface area (Å²) < 4.78 is 11.3. The Labute approximate surface area is 151 Å². The summed E-state index contributed by atoms with van der Waals surface area (Å²) >= 11 is 0. The second kappa shape index (κ2) is 8.22. The van der Waals surface area contributed by atoms with Crippen molar-refractivity contribution >= 4 is 19.4 Å². The van der Waals surface area contributed by atoms with E-state index in [1.54, 1.807) is 6.26 Å². The highest BCUT2D eigenvalue weighted by atomic mass is 28.3. The van der Waals surface area contributed by atoms with Crippen LogP contribution in [-0.4, -0.2) is 14.0 Å². The molecule has 4 heteroatoms. The van der Waals surface area contributed by atoms with Gasteiger partial charge in [0.1, 0.15) is 8.07 Å². The van der Waals surface area contributed by atoms with Crippen LogP contribution in [0.3, 0.4) is 0 Å². The van der Waals surface area contributed by atoms with Crippen LogP contribution in [0.15, 0.2) is 41.0 Å². The Hall–Kier alpha value is -2.25. The molecule has 0 aliphatic rings. The van der Waals surface area contributed by atoms with Crippen LogP contribution in [-0.2, 0) is 9.53 Å². The molecule has 0 saturated heterocycles. The lowest BCUT2D eigenvalue weighted by Crippen LogP contribution is -2.36. The number of unbranched alkanes of at least 4 members (excludes halogenated alkanes) is 1. The van der Waals surface area contributed by atoms with Crippen LogP contribution < -0.4 is 5.38 Å². The molecule has 0 radical (unpaired) electrons. The van der Waals surface area contributed by atoms with E-state index in [0.29, 0.717) is 0 Å². The van der Waals surface area contributed by atoms with E-state index < -0.39 is 14.2 Å². The van der Waals surface area contributed by atoms with Gasteiger partial charge in [-0.2, -0.15) is 0 Å². The standard InChI is InChI=1S/C21H26O3Si/c1-6-7-8-9-17-10-12-18(13-11-17)21(24-16(2)22)19-14-20(23-15-19)25(3,4)5/h10-15,21H,6-7H2,1-5H3. The lowest BCUT2D eigenvalue weighted by molar-refractivity contribution is -0.144. The largest absolute Gasteiger partial charge is 0.474 e. The van der Waals surface area contributed by atoms with Gasteiger partial charge in [0.2, 0.25) is 0 Å². The average Bonchev–Trinajstić information content (AvgIpc) is 3.03. The molecule has 132 valence electrons. The zero-order valence-electron chi connectivity index (χ0n) is 15.7. The van der Waals surface area contributed by atoms with Crippen LogP contribution >= 0.6 is 0 Å².